The van der Waals surface area contributed by atoms with E-state index in [0.29, 0.717) is 17.0 Å². The van der Waals surface area contributed by atoms with Crippen LogP contribution in [0.15, 0.2) is 71.8 Å². The predicted molar refractivity (Wildman–Crippen MR) is 121 cm³/mol. The zero-order valence-corrected chi connectivity index (χ0v) is 17.5. The SMILES string of the molecule is COc1cccc(/C=N/NC(=O)c2cc(-c3ccc4ccccc4c3)n[nH]2)c1OC(C)=O. The number of hydrogen-bond acceptors (Lipinski definition) is 6. The third-order valence-electron chi connectivity index (χ3n) is 4.71. The summed E-state index contributed by atoms with van der Waals surface area (Å²) in [6.07, 6.45) is 1.37. The fourth-order valence-electron chi connectivity index (χ4n) is 3.20. The summed E-state index contributed by atoms with van der Waals surface area (Å²) < 4.78 is 10.4. The van der Waals surface area contributed by atoms with Gasteiger partial charge in [-0.3, -0.25) is 14.7 Å². The van der Waals surface area contributed by atoms with E-state index >= 15 is 0 Å². The molecular weight excluding hydrogens is 408 g/mol. The van der Waals surface area contributed by atoms with Crippen molar-refractivity contribution in [1.29, 1.82) is 0 Å². The van der Waals surface area contributed by atoms with E-state index in [1.807, 2.05) is 42.5 Å². The van der Waals surface area contributed by atoms with Crippen LogP contribution < -0.4 is 14.9 Å². The van der Waals surface area contributed by atoms with Crippen molar-refractivity contribution in [3.8, 4) is 22.8 Å². The van der Waals surface area contributed by atoms with Crippen LogP contribution in [0.1, 0.15) is 23.0 Å². The van der Waals surface area contributed by atoms with Crippen LogP contribution >= 0.6 is 0 Å². The number of H-pyrrole nitrogens is 1. The molecule has 32 heavy (non-hydrogen) atoms. The molecule has 8 heteroatoms. The van der Waals surface area contributed by atoms with Crippen molar-refractivity contribution in [3.63, 3.8) is 0 Å². The van der Waals surface area contributed by atoms with Crippen LogP contribution in [0.2, 0.25) is 0 Å². The standard InChI is InChI=1S/C24H20N4O4/c1-15(29)32-23-19(8-5-9-22(23)31-2)14-25-28-24(30)21-13-20(26-27-21)18-11-10-16-6-3-4-7-17(16)12-18/h3-14H,1-2H3,(H,26,27)(H,28,30)/b25-14+. The molecule has 8 nitrogen and oxygen atoms in total. The van der Waals surface area contributed by atoms with Gasteiger partial charge in [-0.15, -0.1) is 0 Å². The minimum Gasteiger partial charge on any atom is -0.493 e. The van der Waals surface area contributed by atoms with Crippen molar-refractivity contribution in [3.05, 3.63) is 78.0 Å². The van der Waals surface area contributed by atoms with Gasteiger partial charge < -0.3 is 9.47 Å². The molecule has 0 spiro atoms. The average Bonchev–Trinajstić information content (AvgIpc) is 3.30. The van der Waals surface area contributed by atoms with Crippen LogP contribution in [0.5, 0.6) is 11.5 Å². The Bertz CT molecular complexity index is 1330. The number of nitrogens with zero attached hydrogens (tertiary/aromatic N) is 2. The van der Waals surface area contributed by atoms with E-state index < -0.39 is 11.9 Å². The number of aromatic amines is 1. The number of carbonyl (C=O) groups excluding carboxylic acids is 2. The Morgan fingerprint density at radius 1 is 1.03 bits per heavy atom. The molecule has 2 N–H and O–H groups in total. The lowest BCUT2D eigenvalue weighted by molar-refractivity contribution is -0.132. The van der Waals surface area contributed by atoms with Gasteiger partial charge in [0.1, 0.15) is 5.69 Å². The van der Waals surface area contributed by atoms with Gasteiger partial charge in [-0.05, 0) is 35.0 Å². The molecule has 0 radical (unpaired) electrons. The van der Waals surface area contributed by atoms with Gasteiger partial charge in [0.05, 0.1) is 19.0 Å². The molecule has 0 fully saturated rings. The number of ether oxygens (including phenoxy) is 2. The van der Waals surface area contributed by atoms with Gasteiger partial charge in [0.2, 0.25) is 0 Å². The summed E-state index contributed by atoms with van der Waals surface area (Å²) in [7, 11) is 1.47. The van der Waals surface area contributed by atoms with Crippen LogP contribution in [0.3, 0.4) is 0 Å². The first-order valence-corrected chi connectivity index (χ1v) is 9.78. The minimum atomic E-state index is -0.494. The van der Waals surface area contributed by atoms with Gasteiger partial charge in [0, 0.05) is 18.1 Å². The average molecular weight is 428 g/mol. The zero-order valence-electron chi connectivity index (χ0n) is 17.5. The first kappa shape index (κ1) is 20.8. The van der Waals surface area contributed by atoms with Crippen LogP contribution in [0, 0.1) is 0 Å². The van der Waals surface area contributed by atoms with Crippen molar-refractivity contribution < 1.29 is 19.1 Å². The fourth-order valence-corrected chi connectivity index (χ4v) is 3.20. The van der Waals surface area contributed by atoms with Gasteiger partial charge >= 0.3 is 5.97 Å². The van der Waals surface area contributed by atoms with E-state index in [4.69, 9.17) is 9.47 Å². The topological polar surface area (TPSA) is 106 Å². The number of carbonyl (C=O) groups is 2. The van der Waals surface area contributed by atoms with Gasteiger partial charge in [-0.2, -0.15) is 10.2 Å². The number of nitrogens with one attached hydrogen (secondary N) is 2. The molecule has 0 atom stereocenters. The number of para-hydroxylation sites is 1. The van der Waals surface area contributed by atoms with Crippen molar-refractivity contribution in [2.24, 2.45) is 5.10 Å². The highest BCUT2D eigenvalue weighted by atomic mass is 16.6. The molecule has 3 aromatic carbocycles. The molecule has 0 aliphatic rings. The normalized spacial score (nSPS) is 10.9. The lowest BCUT2D eigenvalue weighted by Gasteiger charge is -2.10. The second-order valence-electron chi connectivity index (χ2n) is 6.90. The lowest BCUT2D eigenvalue weighted by Crippen LogP contribution is -2.18. The highest BCUT2D eigenvalue weighted by Crippen LogP contribution is 2.30. The number of amides is 1. The van der Waals surface area contributed by atoms with Gasteiger partial charge in [0.15, 0.2) is 11.5 Å². The maximum absolute atomic E-state index is 12.5. The second kappa shape index (κ2) is 9.13. The van der Waals surface area contributed by atoms with E-state index in [-0.39, 0.29) is 11.4 Å². The second-order valence-corrected chi connectivity index (χ2v) is 6.90. The van der Waals surface area contributed by atoms with E-state index in [1.165, 1.54) is 20.2 Å². The molecule has 0 aliphatic carbocycles. The number of esters is 1. The van der Waals surface area contributed by atoms with Gasteiger partial charge in [-0.1, -0.05) is 42.5 Å². The summed E-state index contributed by atoms with van der Waals surface area (Å²) in [5, 5.41) is 13.2. The van der Waals surface area contributed by atoms with E-state index in [2.05, 4.69) is 20.7 Å². The molecule has 1 aromatic heterocycles. The molecule has 1 amide bonds. The first-order chi connectivity index (χ1) is 15.5. The highest BCUT2D eigenvalue weighted by molar-refractivity contribution is 5.95. The van der Waals surface area contributed by atoms with Crippen LogP contribution in [0.4, 0.5) is 0 Å². The molecule has 4 aromatic rings. The summed E-state index contributed by atoms with van der Waals surface area (Å²) in [6.45, 7) is 1.29. The van der Waals surface area contributed by atoms with Crippen molar-refractivity contribution in [2.75, 3.05) is 7.11 Å². The molecule has 1 heterocycles. The third kappa shape index (κ3) is 4.49. The van der Waals surface area contributed by atoms with Crippen LogP contribution in [0.25, 0.3) is 22.0 Å². The lowest BCUT2D eigenvalue weighted by atomic mass is 10.1. The number of hydrazone groups is 1. The van der Waals surface area contributed by atoms with Gasteiger partial charge in [-0.25, -0.2) is 5.43 Å². The predicted octanol–water partition coefficient (Wildman–Crippen LogP) is 3.93. The highest BCUT2D eigenvalue weighted by Gasteiger charge is 2.13. The summed E-state index contributed by atoms with van der Waals surface area (Å²) in [5.41, 5.74) is 4.71. The third-order valence-corrected chi connectivity index (χ3v) is 4.71. The molecule has 4 rings (SSSR count). The van der Waals surface area contributed by atoms with Crippen molar-refractivity contribution >= 4 is 28.9 Å². The number of aromatic nitrogens is 2. The number of fused-ring (bicyclic) bond motifs is 1. The Balaban J connectivity index is 1.49. The smallest absolute Gasteiger partial charge is 0.308 e. The summed E-state index contributed by atoms with van der Waals surface area (Å²) >= 11 is 0. The Morgan fingerprint density at radius 2 is 1.84 bits per heavy atom. The van der Waals surface area contributed by atoms with E-state index in [1.54, 1.807) is 24.3 Å². The minimum absolute atomic E-state index is 0.223. The Hall–Kier alpha value is -4.46. The molecule has 0 bridgehead atoms. The summed E-state index contributed by atoms with van der Waals surface area (Å²) in [4.78, 5) is 23.9. The first-order valence-electron chi connectivity index (χ1n) is 9.78. The summed E-state index contributed by atoms with van der Waals surface area (Å²) in [5.74, 6) is -0.353. The number of hydrogen-bond donors (Lipinski definition) is 2. The van der Waals surface area contributed by atoms with E-state index in [0.717, 1.165) is 16.3 Å². The largest absolute Gasteiger partial charge is 0.493 e. The molecule has 0 unspecified atom stereocenters. The van der Waals surface area contributed by atoms with Crippen LogP contribution in [-0.4, -0.2) is 35.4 Å². The quantitative estimate of drug-likeness (QED) is 0.210. The molecule has 0 saturated heterocycles. The Labute approximate surface area is 183 Å². The van der Waals surface area contributed by atoms with Gasteiger partial charge in [0.25, 0.3) is 5.91 Å². The molecular formula is C24H20N4O4. The zero-order chi connectivity index (χ0) is 22.5. The maximum Gasteiger partial charge on any atom is 0.308 e. The van der Waals surface area contributed by atoms with Crippen molar-refractivity contribution in [2.45, 2.75) is 6.92 Å². The Kier molecular flexibility index (Phi) is 5.94. The number of benzene rings is 3. The molecule has 160 valence electrons. The van der Waals surface area contributed by atoms with Crippen molar-refractivity contribution in [1.82, 2.24) is 15.6 Å². The monoisotopic (exact) mass is 428 g/mol. The Morgan fingerprint density at radius 3 is 2.62 bits per heavy atom. The number of rotatable bonds is 6. The summed E-state index contributed by atoms with van der Waals surface area (Å²) in [6, 6.07) is 20.7. The number of methoxy groups -OCH3 is 1. The molecule has 0 saturated carbocycles. The molecule has 0 aliphatic heterocycles. The van der Waals surface area contributed by atoms with Crippen LogP contribution in [-0.2, 0) is 4.79 Å². The van der Waals surface area contributed by atoms with E-state index in [9.17, 15) is 9.59 Å². The fraction of sp³-hybridized carbons (Fsp3) is 0.0833. The maximum atomic E-state index is 12.5.